The minimum Gasteiger partial charge on any atom is -0.395 e. The molecule has 7 heteroatoms. The highest BCUT2D eigenvalue weighted by Crippen LogP contribution is 2.23. The fourth-order valence-corrected chi connectivity index (χ4v) is 2.98. The van der Waals surface area contributed by atoms with E-state index in [4.69, 9.17) is 5.73 Å². The van der Waals surface area contributed by atoms with Gasteiger partial charge in [-0.25, -0.2) is 0 Å². The van der Waals surface area contributed by atoms with Gasteiger partial charge < -0.3 is 16.4 Å². The number of nitrogens with two attached hydrogens (primary N) is 1. The largest absolute Gasteiger partial charge is 0.395 e. The molecule has 1 aromatic heterocycles. The van der Waals surface area contributed by atoms with E-state index in [1.807, 2.05) is 13.8 Å². The van der Waals surface area contributed by atoms with Crippen LogP contribution in [0.3, 0.4) is 0 Å². The van der Waals surface area contributed by atoms with Gasteiger partial charge in [0.15, 0.2) is 5.69 Å². The number of nitrogen functional groups attached to an aromatic ring is 1. The van der Waals surface area contributed by atoms with Gasteiger partial charge in [0.2, 0.25) is 0 Å². The summed E-state index contributed by atoms with van der Waals surface area (Å²) in [6, 6.07) is 0.219. The molecule has 2 rings (SSSR count). The van der Waals surface area contributed by atoms with Gasteiger partial charge in [0.1, 0.15) is 4.88 Å². The Morgan fingerprint density at radius 3 is 2.55 bits per heavy atom. The van der Waals surface area contributed by atoms with Crippen LogP contribution in [0.5, 0.6) is 0 Å². The van der Waals surface area contributed by atoms with Crippen LogP contribution in [-0.2, 0) is 0 Å². The highest BCUT2D eigenvalue weighted by atomic mass is 32.1. The second-order valence-electron chi connectivity index (χ2n) is 5.36. The number of hydrogen-bond donors (Lipinski definition) is 3. The number of nitrogens with zero attached hydrogens (tertiary/aromatic N) is 1. The second-order valence-corrected chi connectivity index (χ2v) is 6.13. The molecule has 1 aliphatic rings. The van der Waals surface area contributed by atoms with Crippen LogP contribution in [0, 0.1) is 0 Å². The lowest BCUT2D eigenvalue weighted by Gasteiger charge is -2.11. The number of anilines is 1. The molecule has 0 unspecified atom stereocenters. The summed E-state index contributed by atoms with van der Waals surface area (Å²) in [5, 5.41) is 5.67. The highest BCUT2D eigenvalue weighted by molar-refractivity contribution is 7.09. The van der Waals surface area contributed by atoms with Crippen molar-refractivity contribution in [3.63, 3.8) is 0 Å². The molecule has 6 nitrogen and oxygen atoms in total. The molecule has 20 heavy (non-hydrogen) atoms. The molecule has 2 amide bonds. The van der Waals surface area contributed by atoms with Gasteiger partial charge in [-0.05, 0) is 38.2 Å². The zero-order valence-electron chi connectivity index (χ0n) is 11.7. The summed E-state index contributed by atoms with van der Waals surface area (Å²) in [5.74, 6) is -0.566. The molecule has 1 fully saturated rings. The number of carbonyl (C=O) groups excluding carboxylic acids is 2. The summed E-state index contributed by atoms with van der Waals surface area (Å²) in [7, 11) is 0. The van der Waals surface area contributed by atoms with E-state index >= 15 is 0 Å². The van der Waals surface area contributed by atoms with Gasteiger partial charge in [-0.2, -0.15) is 4.37 Å². The van der Waals surface area contributed by atoms with Gasteiger partial charge >= 0.3 is 0 Å². The third kappa shape index (κ3) is 3.27. The molecule has 0 aromatic carbocycles. The Morgan fingerprint density at radius 1 is 1.30 bits per heavy atom. The minimum atomic E-state index is -0.339. The Hall–Kier alpha value is -1.63. The third-order valence-corrected chi connectivity index (χ3v) is 4.12. The molecule has 0 saturated heterocycles. The number of rotatable bonds is 4. The number of aromatic nitrogens is 1. The van der Waals surface area contributed by atoms with Crippen molar-refractivity contribution in [1.29, 1.82) is 0 Å². The lowest BCUT2D eigenvalue weighted by molar-refractivity contribution is 0.0937. The molecule has 110 valence electrons. The maximum atomic E-state index is 12.1. The van der Waals surface area contributed by atoms with Crippen LogP contribution in [-0.4, -0.2) is 28.3 Å². The molecule has 0 atom stereocenters. The molecular weight excluding hydrogens is 276 g/mol. The SMILES string of the molecule is CC(C)NC(=O)c1nsc(C(=O)NC2CCCC2)c1N. The molecule has 0 radical (unpaired) electrons. The van der Waals surface area contributed by atoms with E-state index in [0.717, 1.165) is 37.2 Å². The van der Waals surface area contributed by atoms with Crippen molar-refractivity contribution in [3.8, 4) is 0 Å². The molecule has 4 N–H and O–H groups in total. The minimum absolute atomic E-state index is 0.000588. The van der Waals surface area contributed by atoms with Crippen molar-refractivity contribution < 1.29 is 9.59 Å². The molecule has 0 spiro atoms. The summed E-state index contributed by atoms with van der Waals surface area (Å²) in [6.45, 7) is 3.71. The molecule has 1 aromatic rings. The van der Waals surface area contributed by atoms with Crippen LogP contribution in [0.2, 0.25) is 0 Å². The monoisotopic (exact) mass is 296 g/mol. The zero-order chi connectivity index (χ0) is 14.7. The van der Waals surface area contributed by atoms with Crippen LogP contribution >= 0.6 is 11.5 Å². The van der Waals surface area contributed by atoms with E-state index in [-0.39, 0.29) is 35.3 Å². The Bertz CT molecular complexity index is 506. The van der Waals surface area contributed by atoms with Gasteiger partial charge in [0.25, 0.3) is 11.8 Å². The van der Waals surface area contributed by atoms with E-state index in [1.54, 1.807) is 0 Å². The van der Waals surface area contributed by atoms with Crippen molar-refractivity contribution in [2.45, 2.75) is 51.6 Å². The summed E-state index contributed by atoms with van der Waals surface area (Å²) in [5.41, 5.74) is 6.19. The van der Waals surface area contributed by atoms with Crippen molar-refractivity contribution in [1.82, 2.24) is 15.0 Å². The first-order chi connectivity index (χ1) is 9.49. The quantitative estimate of drug-likeness (QED) is 0.785. The Balaban J connectivity index is 2.07. The van der Waals surface area contributed by atoms with E-state index in [1.165, 1.54) is 0 Å². The first kappa shape index (κ1) is 14.8. The van der Waals surface area contributed by atoms with Crippen LogP contribution < -0.4 is 16.4 Å². The Kier molecular flexibility index (Phi) is 4.59. The van der Waals surface area contributed by atoms with E-state index in [0.29, 0.717) is 4.88 Å². The van der Waals surface area contributed by atoms with Gasteiger partial charge in [-0.3, -0.25) is 9.59 Å². The van der Waals surface area contributed by atoms with Crippen molar-refractivity contribution in [3.05, 3.63) is 10.6 Å². The topological polar surface area (TPSA) is 97.1 Å². The van der Waals surface area contributed by atoms with Gasteiger partial charge in [-0.15, -0.1) is 0 Å². The molecule has 1 saturated carbocycles. The number of amides is 2. The number of carbonyl (C=O) groups is 2. The number of hydrogen-bond acceptors (Lipinski definition) is 5. The van der Waals surface area contributed by atoms with Gasteiger partial charge in [0, 0.05) is 12.1 Å². The Morgan fingerprint density at radius 2 is 1.95 bits per heavy atom. The smallest absolute Gasteiger partial charge is 0.273 e. The van der Waals surface area contributed by atoms with Crippen molar-refractivity contribution in [2.24, 2.45) is 0 Å². The van der Waals surface area contributed by atoms with Gasteiger partial charge in [-0.1, -0.05) is 12.8 Å². The maximum absolute atomic E-state index is 12.1. The summed E-state index contributed by atoms with van der Waals surface area (Å²) < 4.78 is 4.01. The standard InChI is InChI=1S/C13H20N4O2S/c1-7(2)15-12(18)10-9(14)11(20-17-10)13(19)16-8-5-3-4-6-8/h7-8H,3-6,14H2,1-2H3,(H,15,18)(H,16,19). The van der Waals surface area contributed by atoms with E-state index in [9.17, 15) is 9.59 Å². The lowest BCUT2D eigenvalue weighted by atomic mass is 10.2. The van der Waals surface area contributed by atoms with Crippen LogP contribution in [0.1, 0.15) is 59.7 Å². The molecule has 1 heterocycles. The highest BCUT2D eigenvalue weighted by Gasteiger charge is 2.25. The predicted octanol–water partition coefficient (Wildman–Crippen LogP) is 1.54. The predicted molar refractivity (Wildman–Crippen MR) is 78.9 cm³/mol. The Labute approximate surface area is 122 Å². The summed E-state index contributed by atoms with van der Waals surface area (Å²) >= 11 is 0.975. The lowest BCUT2D eigenvalue weighted by Crippen LogP contribution is -2.33. The zero-order valence-corrected chi connectivity index (χ0v) is 12.5. The fourth-order valence-electron chi connectivity index (χ4n) is 2.28. The van der Waals surface area contributed by atoms with Crippen molar-refractivity contribution >= 4 is 29.0 Å². The normalized spacial score (nSPS) is 15.6. The van der Waals surface area contributed by atoms with Crippen molar-refractivity contribution in [2.75, 3.05) is 5.73 Å². The first-order valence-electron chi connectivity index (χ1n) is 6.86. The maximum Gasteiger partial charge on any atom is 0.273 e. The first-order valence-corrected chi connectivity index (χ1v) is 7.63. The summed E-state index contributed by atoms with van der Waals surface area (Å²) in [4.78, 5) is 24.3. The molecule has 1 aliphatic carbocycles. The van der Waals surface area contributed by atoms with Crippen LogP contribution in [0.4, 0.5) is 5.69 Å². The van der Waals surface area contributed by atoms with E-state index in [2.05, 4.69) is 15.0 Å². The second kappa shape index (κ2) is 6.21. The average Bonchev–Trinajstić information content (AvgIpc) is 2.97. The average molecular weight is 296 g/mol. The van der Waals surface area contributed by atoms with E-state index < -0.39 is 0 Å². The fraction of sp³-hybridized carbons (Fsp3) is 0.615. The van der Waals surface area contributed by atoms with Gasteiger partial charge in [0.05, 0.1) is 5.69 Å². The number of nitrogens with one attached hydrogen (secondary N) is 2. The molecule has 0 bridgehead atoms. The summed E-state index contributed by atoms with van der Waals surface area (Å²) in [6.07, 6.45) is 4.30. The van der Waals surface area contributed by atoms with Crippen LogP contribution in [0.15, 0.2) is 0 Å². The molecule has 0 aliphatic heterocycles. The third-order valence-electron chi connectivity index (χ3n) is 3.26. The molecular formula is C13H20N4O2S. The van der Waals surface area contributed by atoms with Crippen LogP contribution in [0.25, 0.3) is 0 Å².